The Balaban J connectivity index is 2.39. The first-order valence-electron chi connectivity index (χ1n) is 5.31. The lowest BCUT2D eigenvalue weighted by atomic mass is 10.2. The van der Waals surface area contributed by atoms with Gasteiger partial charge in [0.25, 0.3) is 0 Å². The predicted octanol–water partition coefficient (Wildman–Crippen LogP) is 1.84. The number of hydrogen-bond donors (Lipinski definition) is 0. The summed E-state index contributed by atoms with van der Waals surface area (Å²) in [5.41, 5.74) is 1.18. The quantitative estimate of drug-likeness (QED) is 0.763. The number of esters is 1. The van der Waals surface area contributed by atoms with E-state index in [1.165, 1.54) is 7.11 Å². The summed E-state index contributed by atoms with van der Waals surface area (Å²) in [6, 6.07) is 1.56. The van der Waals surface area contributed by atoms with Gasteiger partial charge in [-0.25, -0.2) is 9.18 Å². The second-order valence-corrected chi connectivity index (χ2v) is 4.21. The molecule has 4 nitrogen and oxygen atoms in total. The van der Waals surface area contributed by atoms with Crippen molar-refractivity contribution in [3.05, 3.63) is 22.5 Å². The molecule has 17 heavy (non-hydrogen) atoms. The number of carbonyl (C=O) groups excluding carboxylic acids is 1. The minimum absolute atomic E-state index is 0.321. The Morgan fingerprint density at radius 2 is 2.53 bits per heavy atom. The maximum absolute atomic E-state index is 12.6. The third-order valence-electron chi connectivity index (χ3n) is 2.81. The van der Waals surface area contributed by atoms with Crippen LogP contribution in [-0.2, 0) is 22.4 Å². The molecule has 0 radical (unpaired) electrons. The maximum atomic E-state index is 12.6. The van der Waals surface area contributed by atoms with Crippen LogP contribution in [0, 0.1) is 0 Å². The highest BCUT2D eigenvalue weighted by atomic mass is 35.5. The van der Waals surface area contributed by atoms with Crippen LogP contribution >= 0.6 is 11.6 Å². The molecule has 0 spiro atoms. The number of alkyl halides is 1. The van der Waals surface area contributed by atoms with Gasteiger partial charge >= 0.3 is 5.97 Å². The summed E-state index contributed by atoms with van der Waals surface area (Å²) in [7, 11) is 1.32. The van der Waals surface area contributed by atoms with Crippen LogP contribution in [0.4, 0.5) is 4.39 Å². The maximum Gasteiger partial charge on any atom is 0.339 e. The Labute approximate surface area is 103 Å². The number of fused-ring (bicyclic) bond motifs is 1. The lowest BCUT2D eigenvalue weighted by molar-refractivity contribution is 0.0354. The fraction of sp³-hybridized carbons (Fsp3) is 0.545. The van der Waals surface area contributed by atoms with E-state index >= 15 is 0 Å². The van der Waals surface area contributed by atoms with Crippen molar-refractivity contribution in [2.75, 3.05) is 20.4 Å². The second-order valence-electron chi connectivity index (χ2n) is 3.83. The van der Waals surface area contributed by atoms with E-state index in [2.05, 4.69) is 4.74 Å². The number of aromatic nitrogens is 1. The zero-order chi connectivity index (χ0) is 12.4. The molecule has 94 valence electrons. The molecule has 0 aromatic carbocycles. The molecule has 0 saturated carbocycles. The predicted molar refractivity (Wildman–Crippen MR) is 60.2 cm³/mol. The highest BCUT2D eigenvalue weighted by Crippen LogP contribution is 2.25. The molecule has 1 aliphatic heterocycles. The Kier molecular flexibility index (Phi) is 3.69. The summed E-state index contributed by atoms with van der Waals surface area (Å²) >= 11 is 6.04. The van der Waals surface area contributed by atoms with Crippen molar-refractivity contribution in [1.29, 1.82) is 0 Å². The fourth-order valence-electron chi connectivity index (χ4n) is 1.98. The van der Waals surface area contributed by atoms with Gasteiger partial charge in [0.05, 0.1) is 25.8 Å². The average molecular weight is 262 g/mol. The molecule has 2 heterocycles. The molecule has 1 atom stereocenters. The Morgan fingerprint density at radius 1 is 1.76 bits per heavy atom. The number of carbonyl (C=O) groups is 1. The van der Waals surface area contributed by atoms with Crippen molar-refractivity contribution in [1.82, 2.24) is 4.57 Å². The number of methoxy groups -OCH3 is 1. The van der Waals surface area contributed by atoms with E-state index < -0.39 is 18.7 Å². The van der Waals surface area contributed by atoms with Gasteiger partial charge < -0.3 is 14.0 Å². The highest BCUT2D eigenvalue weighted by Gasteiger charge is 2.25. The van der Waals surface area contributed by atoms with E-state index in [0.717, 1.165) is 5.69 Å². The van der Waals surface area contributed by atoms with Crippen molar-refractivity contribution < 1.29 is 18.7 Å². The standard InChI is InChI=1S/C11H13ClFNO3/c1-16-11(15)8-4-10(12)14-6-7(5-13)17-3-2-9(8)14/h4,7H,2-3,5-6H2,1H3/t7-/m1/s1. The number of nitrogens with zero attached hydrogens (tertiary/aromatic N) is 1. The van der Waals surface area contributed by atoms with Crippen LogP contribution in [0.15, 0.2) is 6.07 Å². The molecule has 6 heteroatoms. The molecule has 1 aromatic rings. The largest absolute Gasteiger partial charge is 0.465 e. The molecule has 2 rings (SSSR count). The minimum Gasteiger partial charge on any atom is -0.465 e. The first kappa shape index (κ1) is 12.4. The Hall–Kier alpha value is -1.07. The van der Waals surface area contributed by atoms with Crippen molar-refractivity contribution in [3.8, 4) is 0 Å². The third-order valence-corrected chi connectivity index (χ3v) is 3.13. The van der Waals surface area contributed by atoms with Gasteiger partial charge in [-0.3, -0.25) is 0 Å². The summed E-state index contributed by atoms with van der Waals surface area (Å²) in [5, 5.41) is 0.407. The van der Waals surface area contributed by atoms with Gasteiger partial charge in [0.15, 0.2) is 0 Å². The molecule has 0 bridgehead atoms. The van der Waals surface area contributed by atoms with Crippen LogP contribution in [0.25, 0.3) is 0 Å². The molecule has 0 unspecified atom stereocenters. The van der Waals surface area contributed by atoms with Crippen molar-refractivity contribution >= 4 is 17.6 Å². The minimum atomic E-state index is -0.568. The molecule has 0 N–H and O–H groups in total. The Bertz CT molecular complexity index is 433. The summed E-state index contributed by atoms with van der Waals surface area (Å²) in [4.78, 5) is 11.6. The average Bonchev–Trinajstić information content (AvgIpc) is 2.55. The van der Waals surface area contributed by atoms with E-state index in [0.29, 0.717) is 30.3 Å². The Morgan fingerprint density at radius 3 is 3.18 bits per heavy atom. The van der Waals surface area contributed by atoms with Crippen LogP contribution in [0.1, 0.15) is 16.1 Å². The first-order valence-corrected chi connectivity index (χ1v) is 5.69. The number of rotatable bonds is 2. The third kappa shape index (κ3) is 2.30. The topological polar surface area (TPSA) is 40.5 Å². The van der Waals surface area contributed by atoms with Crippen molar-refractivity contribution in [2.24, 2.45) is 0 Å². The van der Waals surface area contributed by atoms with E-state index in [1.54, 1.807) is 10.6 Å². The lowest BCUT2D eigenvalue weighted by Crippen LogP contribution is -2.20. The fourth-order valence-corrected chi connectivity index (χ4v) is 2.26. The summed E-state index contributed by atoms with van der Waals surface area (Å²) < 4.78 is 24.4. The summed E-state index contributed by atoms with van der Waals surface area (Å²) in [6.45, 7) is 0.127. The van der Waals surface area contributed by atoms with Gasteiger partial charge in [0.1, 0.15) is 17.9 Å². The van der Waals surface area contributed by atoms with Crippen LogP contribution < -0.4 is 0 Å². The molecule has 0 aliphatic carbocycles. The number of halogens is 2. The number of hydrogen-bond acceptors (Lipinski definition) is 3. The van der Waals surface area contributed by atoms with Crippen LogP contribution in [0.2, 0.25) is 5.15 Å². The van der Waals surface area contributed by atoms with Crippen molar-refractivity contribution in [3.63, 3.8) is 0 Å². The molecule has 0 amide bonds. The van der Waals surface area contributed by atoms with Gasteiger partial charge in [0.2, 0.25) is 0 Å². The van der Waals surface area contributed by atoms with Gasteiger partial charge in [0, 0.05) is 12.1 Å². The SMILES string of the molecule is COC(=O)c1cc(Cl)n2c1CCO[C@H](CF)C2. The van der Waals surface area contributed by atoms with E-state index in [9.17, 15) is 9.18 Å². The smallest absolute Gasteiger partial charge is 0.339 e. The van der Waals surface area contributed by atoms with Crippen LogP contribution in [-0.4, -0.2) is 37.0 Å². The van der Waals surface area contributed by atoms with Crippen molar-refractivity contribution in [2.45, 2.75) is 19.1 Å². The van der Waals surface area contributed by atoms with Gasteiger partial charge in [-0.05, 0) is 6.07 Å². The molecular weight excluding hydrogens is 249 g/mol. The molecule has 0 saturated heterocycles. The van der Waals surface area contributed by atoms with Crippen LogP contribution in [0.5, 0.6) is 0 Å². The van der Waals surface area contributed by atoms with Gasteiger partial charge in [-0.15, -0.1) is 0 Å². The monoisotopic (exact) mass is 261 g/mol. The molecule has 1 aliphatic rings. The highest BCUT2D eigenvalue weighted by molar-refractivity contribution is 6.30. The van der Waals surface area contributed by atoms with E-state index in [1.807, 2.05) is 0 Å². The number of ether oxygens (including phenoxy) is 2. The zero-order valence-electron chi connectivity index (χ0n) is 9.41. The summed E-state index contributed by atoms with van der Waals surface area (Å²) in [6.07, 6.45) is 0.0137. The first-order chi connectivity index (χ1) is 8.17. The summed E-state index contributed by atoms with van der Waals surface area (Å²) in [5.74, 6) is -0.431. The van der Waals surface area contributed by atoms with E-state index in [4.69, 9.17) is 16.3 Å². The zero-order valence-corrected chi connectivity index (χ0v) is 10.2. The van der Waals surface area contributed by atoms with E-state index in [-0.39, 0.29) is 0 Å². The normalized spacial score (nSPS) is 19.6. The molecular formula is C11H13ClFNO3. The molecule has 0 fully saturated rings. The van der Waals surface area contributed by atoms with Gasteiger partial charge in [-0.2, -0.15) is 0 Å². The van der Waals surface area contributed by atoms with Gasteiger partial charge in [-0.1, -0.05) is 11.6 Å². The second kappa shape index (κ2) is 5.06. The lowest BCUT2D eigenvalue weighted by Gasteiger charge is -2.12. The van der Waals surface area contributed by atoms with Crippen LogP contribution in [0.3, 0.4) is 0 Å². The molecule has 1 aromatic heterocycles.